The number of hydrogen-bond acceptors (Lipinski definition) is 4. The van der Waals surface area contributed by atoms with Gasteiger partial charge in [-0.15, -0.1) is 0 Å². The summed E-state index contributed by atoms with van der Waals surface area (Å²) in [5.74, 6) is 0.910. The fourth-order valence-electron chi connectivity index (χ4n) is 3.48. The van der Waals surface area contributed by atoms with Crippen LogP contribution in [0, 0.1) is 12.8 Å². The number of amides is 1. The zero-order valence-electron chi connectivity index (χ0n) is 15.1. The van der Waals surface area contributed by atoms with E-state index in [4.69, 9.17) is 4.74 Å². The summed E-state index contributed by atoms with van der Waals surface area (Å²) < 4.78 is 6.99. The van der Waals surface area contributed by atoms with E-state index in [2.05, 4.69) is 10.4 Å². The molecule has 6 heteroatoms. The second-order valence-electron chi connectivity index (χ2n) is 6.89. The molecular formula is C21H21N3O3. The molecule has 3 aromatic rings. The van der Waals surface area contributed by atoms with Gasteiger partial charge in [0, 0.05) is 17.8 Å². The van der Waals surface area contributed by atoms with E-state index in [1.165, 1.54) is 4.68 Å². The summed E-state index contributed by atoms with van der Waals surface area (Å²) in [5, 5.41) is 8.59. The van der Waals surface area contributed by atoms with Crippen molar-refractivity contribution in [3.63, 3.8) is 0 Å². The molecule has 2 aromatic carbocycles. The van der Waals surface area contributed by atoms with Gasteiger partial charge < -0.3 is 10.1 Å². The van der Waals surface area contributed by atoms with Crippen molar-refractivity contribution in [1.29, 1.82) is 0 Å². The Kier molecular flexibility index (Phi) is 4.62. The minimum Gasteiger partial charge on any atom is -0.493 e. The number of para-hydroxylation sites is 1. The fraction of sp³-hybridized carbons (Fsp3) is 0.286. The van der Waals surface area contributed by atoms with E-state index in [-0.39, 0.29) is 23.9 Å². The first-order valence-electron chi connectivity index (χ1n) is 9.05. The molecule has 27 heavy (non-hydrogen) atoms. The average Bonchev–Trinajstić information content (AvgIpc) is 2.70. The number of ether oxygens (including phenoxy) is 1. The minimum absolute atomic E-state index is 0.0886. The van der Waals surface area contributed by atoms with Crippen molar-refractivity contribution in [3.05, 3.63) is 70.1 Å². The molecule has 0 unspecified atom stereocenters. The van der Waals surface area contributed by atoms with Gasteiger partial charge in [0.05, 0.1) is 17.7 Å². The predicted octanol–water partition coefficient (Wildman–Crippen LogP) is 2.07. The lowest BCUT2D eigenvalue weighted by Crippen LogP contribution is -2.38. The third kappa shape index (κ3) is 3.56. The van der Waals surface area contributed by atoms with Crippen molar-refractivity contribution in [3.8, 4) is 5.75 Å². The summed E-state index contributed by atoms with van der Waals surface area (Å²) >= 11 is 0. The quantitative estimate of drug-likeness (QED) is 0.770. The highest BCUT2D eigenvalue weighted by Gasteiger charge is 2.20. The number of aryl methyl sites for hydroxylation is 1. The van der Waals surface area contributed by atoms with Gasteiger partial charge in [0.1, 0.15) is 12.3 Å². The molecule has 0 saturated heterocycles. The molecule has 1 aliphatic heterocycles. The third-order valence-electron chi connectivity index (χ3n) is 4.89. The van der Waals surface area contributed by atoms with Crippen LogP contribution in [0.15, 0.2) is 53.3 Å². The van der Waals surface area contributed by atoms with Crippen LogP contribution in [0.2, 0.25) is 0 Å². The monoisotopic (exact) mass is 363 g/mol. The Morgan fingerprint density at radius 1 is 1.19 bits per heavy atom. The Morgan fingerprint density at radius 2 is 1.93 bits per heavy atom. The van der Waals surface area contributed by atoms with Crippen molar-refractivity contribution in [1.82, 2.24) is 15.1 Å². The fourth-order valence-corrected chi connectivity index (χ4v) is 3.48. The molecule has 0 spiro atoms. The van der Waals surface area contributed by atoms with E-state index in [1.54, 1.807) is 6.07 Å². The van der Waals surface area contributed by atoms with E-state index in [9.17, 15) is 9.59 Å². The van der Waals surface area contributed by atoms with Crippen LogP contribution in [-0.2, 0) is 17.8 Å². The summed E-state index contributed by atoms with van der Waals surface area (Å²) in [6.45, 7) is 2.83. The molecule has 1 amide bonds. The molecule has 1 aromatic heterocycles. The Bertz CT molecular complexity index is 1060. The Morgan fingerprint density at radius 3 is 2.78 bits per heavy atom. The Balaban J connectivity index is 1.41. The first-order chi connectivity index (χ1) is 13.1. The van der Waals surface area contributed by atoms with E-state index >= 15 is 0 Å². The van der Waals surface area contributed by atoms with Gasteiger partial charge in [-0.25, -0.2) is 4.68 Å². The molecular weight excluding hydrogens is 342 g/mol. The molecule has 2 heterocycles. The van der Waals surface area contributed by atoms with Crippen molar-refractivity contribution >= 4 is 16.7 Å². The third-order valence-corrected chi connectivity index (χ3v) is 4.89. The largest absolute Gasteiger partial charge is 0.493 e. The van der Waals surface area contributed by atoms with Crippen LogP contribution in [0.4, 0.5) is 0 Å². The summed E-state index contributed by atoms with van der Waals surface area (Å²) in [7, 11) is 0. The molecule has 4 rings (SSSR count). The molecule has 0 saturated carbocycles. The number of carbonyl (C=O) groups excluding carboxylic acids is 1. The van der Waals surface area contributed by atoms with Crippen LogP contribution in [0.3, 0.4) is 0 Å². The number of nitrogens with zero attached hydrogens (tertiary/aromatic N) is 2. The van der Waals surface area contributed by atoms with Gasteiger partial charge in [-0.1, -0.05) is 36.4 Å². The first kappa shape index (κ1) is 17.3. The molecule has 0 aliphatic carbocycles. The summed E-state index contributed by atoms with van der Waals surface area (Å²) in [6, 6.07) is 15.3. The van der Waals surface area contributed by atoms with Gasteiger partial charge in [-0.3, -0.25) is 9.59 Å². The van der Waals surface area contributed by atoms with Crippen LogP contribution < -0.4 is 15.6 Å². The van der Waals surface area contributed by atoms with Crippen LogP contribution in [0.25, 0.3) is 10.8 Å². The number of fused-ring (bicyclic) bond motifs is 2. The Labute approximate surface area is 156 Å². The van der Waals surface area contributed by atoms with Gasteiger partial charge in [-0.05, 0) is 31.0 Å². The molecule has 0 fully saturated rings. The van der Waals surface area contributed by atoms with Gasteiger partial charge in [0.15, 0.2) is 0 Å². The van der Waals surface area contributed by atoms with Crippen molar-refractivity contribution in [2.45, 2.75) is 19.9 Å². The van der Waals surface area contributed by atoms with Crippen molar-refractivity contribution in [2.24, 2.45) is 5.92 Å². The topological polar surface area (TPSA) is 73.2 Å². The van der Waals surface area contributed by atoms with E-state index < -0.39 is 0 Å². The minimum atomic E-state index is -0.249. The average molecular weight is 363 g/mol. The molecule has 1 atom stereocenters. The standard InChI is InChI=1S/C21H21N3O3/c1-14-17-7-3-4-8-18(17)21(26)24(23-14)12-20(25)22-11-15-10-16-6-2-5-9-19(16)27-13-15/h2-9,15H,10-13H2,1H3,(H,22,25)/t15-/m1/s1. The molecule has 0 radical (unpaired) electrons. The van der Waals surface area contributed by atoms with Crippen LogP contribution in [-0.4, -0.2) is 28.8 Å². The van der Waals surface area contributed by atoms with E-state index in [0.29, 0.717) is 18.5 Å². The maximum Gasteiger partial charge on any atom is 0.275 e. The number of nitrogens with one attached hydrogen (secondary N) is 1. The smallest absolute Gasteiger partial charge is 0.275 e. The lowest BCUT2D eigenvalue weighted by Gasteiger charge is -2.25. The first-order valence-corrected chi connectivity index (χ1v) is 9.05. The summed E-state index contributed by atoms with van der Waals surface area (Å²) in [5.41, 5.74) is 1.64. The maximum atomic E-state index is 12.6. The van der Waals surface area contributed by atoms with Crippen molar-refractivity contribution < 1.29 is 9.53 Å². The van der Waals surface area contributed by atoms with E-state index in [1.807, 2.05) is 49.4 Å². The maximum absolute atomic E-state index is 12.6. The molecule has 138 valence electrons. The lowest BCUT2D eigenvalue weighted by atomic mass is 9.97. The van der Waals surface area contributed by atoms with E-state index in [0.717, 1.165) is 28.8 Å². The highest BCUT2D eigenvalue weighted by atomic mass is 16.5. The van der Waals surface area contributed by atoms with Crippen molar-refractivity contribution in [2.75, 3.05) is 13.2 Å². The number of benzene rings is 2. The number of carbonyl (C=O) groups is 1. The zero-order valence-corrected chi connectivity index (χ0v) is 15.1. The highest BCUT2D eigenvalue weighted by Crippen LogP contribution is 2.26. The van der Waals surface area contributed by atoms with Gasteiger partial charge in [0.2, 0.25) is 5.91 Å². The normalized spacial score (nSPS) is 15.8. The second-order valence-corrected chi connectivity index (χ2v) is 6.89. The Hall–Kier alpha value is -3.15. The molecule has 1 aliphatic rings. The number of aromatic nitrogens is 2. The summed E-state index contributed by atoms with van der Waals surface area (Å²) in [6.07, 6.45) is 0.865. The highest BCUT2D eigenvalue weighted by molar-refractivity contribution is 5.83. The van der Waals surface area contributed by atoms with Crippen LogP contribution >= 0.6 is 0 Å². The van der Waals surface area contributed by atoms with Crippen LogP contribution in [0.5, 0.6) is 5.75 Å². The number of rotatable bonds is 4. The number of hydrogen-bond donors (Lipinski definition) is 1. The molecule has 1 N–H and O–H groups in total. The lowest BCUT2D eigenvalue weighted by molar-refractivity contribution is -0.122. The zero-order chi connectivity index (χ0) is 18.8. The predicted molar refractivity (Wildman–Crippen MR) is 103 cm³/mol. The molecule has 6 nitrogen and oxygen atoms in total. The van der Waals surface area contributed by atoms with Crippen LogP contribution in [0.1, 0.15) is 11.3 Å². The van der Waals surface area contributed by atoms with Gasteiger partial charge in [0.25, 0.3) is 5.56 Å². The molecule has 0 bridgehead atoms. The van der Waals surface area contributed by atoms with Gasteiger partial charge >= 0.3 is 0 Å². The summed E-state index contributed by atoms with van der Waals surface area (Å²) in [4.78, 5) is 24.9. The van der Waals surface area contributed by atoms with Gasteiger partial charge in [-0.2, -0.15) is 5.10 Å². The SMILES string of the molecule is Cc1nn(CC(=O)NC[C@@H]2COc3ccccc3C2)c(=O)c2ccccc12. The second kappa shape index (κ2) is 7.23.